The van der Waals surface area contributed by atoms with E-state index in [4.69, 9.17) is 0 Å². The van der Waals surface area contributed by atoms with E-state index in [2.05, 4.69) is 15.3 Å². The summed E-state index contributed by atoms with van der Waals surface area (Å²) in [6, 6.07) is 15.4. The Bertz CT molecular complexity index is 949. The van der Waals surface area contributed by atoms with Crippen LogP contribution in [0.3, 0.4) is 0 Å². The van der Waals surface area contributed by atoms with E-state index in [1.54, 1.807) is 32.0 Å². The van der Waals surface area contributed by atoms with Gasteiger partial charge in [-0.1, -0.05) is 30.3 Å². The van der Waals surface area contributed by atoms with Crippen molar-refractivity contribution in [2.45, 2.75) is 25.6 Å². The van der Waals surface area contributed by atoms with Crippen LogP contribution in [0.25, 0.3) is 11.1 Å². The van der Waals surface area contributed by atoms with Gasteiger partial charge in [-0.2, -0.15) is 13.2 Å². The molecule has 0 saturated carbocycles. The van der Waals surface area contributed by atoms with Crippen molar-refractivity contribution in [3.8, 4) is 11.1 Å². The minimum atomic E-state index is -4.53. The lowest BCUT2D eigenvalue weighted by molar-refractivity contribution is -0.141. The van der Waals surface area contributed by atoms with Crippen molar-refractivity contribution in [3.63, 3.8) is 0 Å². The van der Waals surface area contributed by atoms with Crippen LogP contribution < -0.4 is 5.32 Å². The lowest BCUT2D eigenvalue weighted by Gasteiger charge is -2.18. The molecule has 0 amide bonds. The Morgan fingerprint density at radius 2 is 1.59 bits per heavy atom. The number of rotatable bonds is 4. The summed E-state index contributed by atoms with van der Waals surface area (Å²) in [7, 11) is 0. The van der Waals surface area contributed by atoms with Gasteiger partial charge in [0.15, 0.2) is 0 Å². The van der Waals surface area contributed by atoms with Gasteiger partial charge in [0.1, 0.15) is 5.69 Å². The highest BCUT2D eigenvalue weighted by Gasteiger charge is 2.32. The molecule has 1 heterocycles. The molecule has 0 radical (unpaired) electrons. The Hall–Kier alpha value is -2.93. The highest BCUT2D eigenvalue weighted by atomic mass is 19.4. The predicted molar refractivity (Wildman–Crippen MR) is 97.4 cm³/mol. The number of anilines is 2. The first-order valence-corrected chi connectivity index (χ1v) is 8.23. The number of aromatic nitrogens is 2. The van der Waals surface area contributed by atoms with Crippen molar-refractivity contribution in [2.24, 2.45) is 0 Å². The molecule has 140 valence electrons. The van der Waals surface area contributed by atoms with Crippen LogP contribution in [0.5, 0.6) is 0 Å². The minimum absolute atomic E-state index is 0.132. The third-order valence-electron chi connectivity index (χ3n) is 3.97. The number of hydrogen-bond donors (Lipinski definition) is 2. The molecule has 27 heavy (non-hydrogen) atoms. The standard InChI is InChI=1S/C20H18F3N3O/c1-19(2,27)15-7-3-5-13(11-15)14-6-4-8-16(12-14)25-18-24-10-9-17(26-18)20(21,22)23/h3-12,27H,1-2H3,(H,24,25,26). The van der Waals surface area contributed by atoms with E-state index in [1.807, 2.05) is 30.3 Å². The number of halogens is 3. The Balaban J connectivity index is 1.89. The van der Waals surface area contributed by atoms with E-state index in [0.717, 1.165) is 29.0 Å². The van der Waals surface area contributed by atoms with Crippen molar-refractivity contribution in [2.75, 3.05) is 5.32 Å². The van der Waals surface area contributed by atoms with Crippen LogP contribution in [0.1, 0.15) is 25.1 Å². The maximum Gasteiger partial charge on any atom is 0.433 e. The molecule has 2 aromatic carbocycles. The third kappa shape index (κ3) is 4.62. The summed E-state index contributed by atoms with van der Waals surface area (Å²) in [5, 5.41) is 13.0. The van der Waals surface area contributed by atoms with Gasteiger partial charge in [-0.3, -0.25) is 0 Å². The largest absolute Gasteiger partial charge is 0.433 e. The predicted octanol–water partition coefficient (Wildman–Crippen LogP) is 5.13. The molecule has 3 rings (SSSR count). The van der Waals surface area contributed by atoms with Gasteiger partial charge in [-0.25, -0.2) is 9.97 Å². The molecule has 0 saturated heterocycles. The highest BCUT2D eigenvalue weighted by Crippen LogP contribution is 2.30. The molecule has 0 spiro atoms. The van der Waals surface area contributed by atoms with Crippen LogP contribution in [0.2, 0.25) is 0 Å². The number of benzene rings is 2. The summed E-state index contributed by atoms with van der Waals surface area (Å²) in [4.78, 5) is 7.35. The summed E-state index contributed by atoms with van der Waals surface area (Å²) < 4.78 is 38.4. The van der Waals surface area contributed by atoms with Crippen molar-refractivity contribution in [1.29, 1.82) is 0 Å². The average Bonchev–Trinajstić information content (AvgIpc) is 2.61. The fraction of sp³-hybridized carbons (Fsp3) is 0.200. The average molecular weight is 373 g/mol. The number of hydrogen-bond acceptors (Lipinski definition) is 4. The second-order valence-electron chi connectivity index (χ2n) is 6.61. The zero-order valence-electron chi connectivity index (χ0n) is 14.7. The fourth-order valence-electron chi connectivity index (χ4n) is 2.56. The summed E-state index contributed by atoms with van der Waals surface area (Å²) in [6.45, 7) is 3.41. The second-order valence-corrected chi connectivity index (χ2v) is 6.61. The molecular weight excluding hydrogens is 355 g/mol. The van der Waals surface area contributed by atoms with Crippen LogP contribution >= 0.6 is 0 Å². The van der Waals surface area contributed by atoms with E-state index in [1.165, 1.54) is 0 Å². The van der Waals surface area contributed by atoms with Gasteiger partial charge < -0.3 is 10.4 Å². The lowest BCUT2D eigenvalue weighted by Crippen LogP contribution is -2.15. The van der Waals surface area contributed by atoms with Crippen LogP contribution in [-0.2, 0) is 11.8 Å². The number of nitrogens with one attached hydrogen (secondary N) is 1. The monoisotopic (exact) mass is 373 g/mol. The van der Waals surface area contributed by atoms with E-state index in [0.29, 0.717) is 5.69 Å². The summed E-state index contributed by atoms with van der Waals surface area (Å²) >= 11 is 0. The first-order valence-electron chi connectivity index (χ1n) is 8.23. The molecule has 0 aliphatic heterocycles. The van der Waals surface area contributed by atoms with Gasteiger partial charge in [-0.05, 0) is 54.8 Å². The summed E-state index contributed by atoms with van der Waals surface area (Å²) in [5.41, 5.74) is 1.06. The van der Waals surface area contributed by atoms with Gasteiger partial charge in [-0.15, -0.1) is 0 Å². The van der Waals surface area contributed by atoms with Gasteiger partial charge in [0.25, 0.3) is 0 Å². The molecule has 1 aromatic heterocycles. The van der Waals surface area contributed by atoms with Crippen molar-refractivity contribution in [3.05, 3.63) is 72.1 Å². The Morgan fingerprint density at radius 3 is 2.26 bits per heavy atom. The molecule has 0 fully saturated rings. The molecular formula is C20H18F3N3O. The Labute approximate surface area is 154 Å². The Kier molecular flexibility index (Phi) is 4.89. The molecule has 7 heteroatoms. The lowest BCUT2D eigenvalue weighted by atomic mass is 9.94. The molecule has 0 bridgehead atoms. The molecule has 0 unspecified atom stereocenters. The van der Waals surface area contributed by atoms with Crippen molar-refractivity contribution in [1.82, 2.24) is 9.97 Å². The first-order chi connectivity index (χ1) is 12.6. The van der Waals surface area contributed by atoms with Gasteiger partial charge in [0.05, 0.1) is 5.60 Å². The van der Waals surface area contributed by atoms with Crippen molar-refractivity contribution < 1.29 is 18.3 Å². The molecule has 4 nitrogen and oxygen atoms in total. The summed E-state index contributed by atoms with van der Waals surface area (Å²) in [6.07, 6.45) is -3.46. The number of aliphatic hydroxyl groups is 1. The van der Waals surface area contributed by atoms with E-state index in [9.17, 15) is 18.3 Å². The molecule has 2 N–H and O–H groups in total. The van der Waals surface area contributed by atoms with Crippen LogP contribution in [-0.4, -0.2) is 15.1 Å². The van der Waals surface area contributed by atoms with Gasteiger partial charge in [0, 0.05) is 11.9 Å². The van der Waals surface area contributed by atoms with Crippen LogP contribution in [0, 0.1) is 0 Å². The summed E-state index contributed by atoms with van der Waals surface area (Å²) in [5.74, 6) is -0.132. The van der Waals surface area contributed by atoms with E-state index >= 15 is 0 Å². The molecule has 0 atom stereocenters. The maximum atomic E-state index is 12.8. The fourth-order valence-corrected chi connectivity index (χ4v) is 2.56. The molecule has 3 aromatic rings. The molecule has 0 aliphatic carbocycles. The highest BCUT2D eigenvalue weighted by molar-refractivity contribution is 5.70. The normalized spacial score (nSPS) is 12.1. The smallest absolute Gasteiger partial charge is 0.386 e. The first kappa shape index (κ1) is 18.8. The van der Waals surface area contributed by atoms with E-state index < -0.39 is 17.5 Å². The quantitative estimate of drug-likeness (QED) is 0.665. The Morgan fingerprint density at radius 1 is 0.926 bits per heavy atom. The topological polar surface area (TPSA) is 58.0 Å². The van der Waals surface area contributed by atoms with E-state index in [-0.39, 0.29) is 5.95 Å². The SMILES string of the molecule is CC(C)(O)c1cccc(-c2cccc(Nc3nccc(C(F)(F)F)n3)c2)c1. The minimum Gasteiger partial charge on any atom is -0.386 e. The van der Waals surface area contributed by atoms with Crippen LogP contribution in [0.4, 0.5) is 24.8 Å². The zero-order valence-corrected chi connectivity index (χ0v) is 14.7. The number of nitrogens with zero attached hydrogens (tertiary/aromatic N) is 2. The second kappa shape index (κ2) is 7.00. The third-order valence-corrected chi connectivity index (χ3v) is 3.97. The van der Waals surface area contributed by atoms with Crippen molar-refractivity contribution >= 4 is 11.6 Å². The van der Waals surface area contributed by atoms with Gasteiger partial charge in [0.2, 0.25) is 5.95 Å². The maximum absolute atomic E-state index is 12.8. The molecule has 0 aliphatic rings. The van der Waals surface area contributed by atoms with Gasteiger partial charge >= 0.3 is 6.18 Å². The zero-order chi connectivity index (χ0) is 19.7. The van der Waals surface area contributed by atoms with Crippen LogP contribution in [0.15, 0.2) is 60.8 Å². The number of alkyl halides is 3.